The van der Waals surface area contributed by atoms with Gasteiger partial charge in [-0.3, -0.25) is 4.79 Å². The van der Waals surface area contributed by atoms with Crippen molar-refractivity contribution in [2.24, 2.45) is 0 Å². The zero-order valence-corrected chi connectivity index (χ0v) is 9.47. The van der Waals surface area contributed by atoms with Crippen LogP contribution in [0.2, 0.25) is 0 Å². The Kier molecular flexibility index (Phi) is 3.69. The summed E-state index contributed by atoms with van der Waals surface area (Å²) in [5, 5.41) is 9.13. The van der Waals surface area contributed by atoms with Gasteiger partial charge in [0.2, 0.25) is 0 Å². The molecule has 0 radical (unpaired) electrons. The number of aliphatic hydroxyl groups is 1. The maximum Gasteiger partial charge on any atom is 0.166 e. The van der Waals surface area contributed by atoms with Crippen LogP contribution in [0, 0.1) is 5.82 Å². The summed E-state index contributed by atoms with van der Waals surface area (Å²) in [5.41, 5.74) is 0.812. The second kappa shape index (κ2) is 5.42. The number of rotatable bonds is 4. The quantitative estimate of drug-likeness (QED) is 0.844. The highest BCUT2D eigenvalue weighted by atomic mass is 19.1. The molecule has 0 spiro atoms. The van der Waals surface area contributed by atoms with Gasteiger partial charge in [0.1, 0.15) is 12.0 Å². The van der Waals surface area contributed by atoms with Crippen molar-refractivity contribution in [3.63, 3.8) is 0 Å². The Balaban J connectivity index is 2.31. The van der Waals surface area contributed by atoms with Crippen molar-refractivity contribution in [3.8, 4) is 11.5 Å². The smallest absolute Gasteiger partial charge is 0.166 e. The fraction of sp³-hybridized carbons (Fsp3) is 0.0714. The monoisotopic (exact) mass is 246 g/mol. The number of aliphatic hydroxyl groups excluding tert-OH is 1. The first-order valence-corrected chi connectivity index (χ1v) is 5.36. The van der Waals surface area contributed by atoms with Crippen LogP contribution in [0.4, 0.5) is 4.39 Å². The number of ether oxygens (including phenoxy) is 1. The minimum atomic E-state index is -0.618. The van der Waals surface area contributed by atoms with Crippen LogP contribution in [-0.2, 0) is 6.61 Å². The highest BCUT2D eigenvalue weighted by Crippen LogP contribution is 2.27. The molecule has 4 heteroatoms. The average molecular weight is 246 g/mol. The van der Waals surface area contributed by atoms with Gasteiger partial charge in [0.15, 0.2) is 11.6 Å². The molecule has 2 aromatic rings. The van der Waals surface area contributed by atoms with E-state index in [1.54, 1.807) is 24.3 Å². The molecule has 0 aliphatic carbocycles. The Morgan fingerprint density at radius 3 is 2.61 bits per heavy atom. The van der Waals surface area contributed by atoms with Gasteiger partial charge >= 0.3 is 0 Å². The number of aldehydes is 1. The van der Waals surface area contributed by atoms with Crippen LogP contribution >= 0.6 is 0 Å². The summed E-state index contributed by atoms with van der Waals surface area (Å²) in [5.74, 6) is -0.216. The Morgan fingerprint density at radius 2 is 1.94 bits per heavy atom. The predicted molar refractivity (Wildman–Crippen MR) is 64.2 cm³/mol. The molecule has 0 amide bonds. The molecule has 2 rings (SSSR count). The predicted octanol–water partition coefficient (Wildman–Crippen LogP) is 2.92. The first kappa shape index (κ1) is 12.3. The minimum absolute atomic E-state index is 0.0153. The van der Waals surface area contributed by atoms with Crippen LogP contribution in [0.5, 0.6) is 11.5 Å². The lowest BCUT2D eigenvalue weighted by atomic mass is 10.2. The van der Waals surface area contributed by atoms with E-state index >= 15 is 0 Å². The molecule has 0 aliphatic rings. The fourth-order valence-corrected chi connectivity index (χ4v) is 1.53. The van der Waals surface area contributed by atoms with Crippen molar-refractivity contribution >= 4 is 6.29 Å². The molecule has 1 N–H and O–H groups in total. The van der Waals surface area contributed by atoms with Gasteiger partial charge in [-0.05, 0) is 24.3 Å². The molecule has 0 bridgehead atoms. The summed E-state index contributed by atoms with van der Waals surface area (Å²) in [6.07, 6.45) is 0.564. The van der Waals surface area contributed by atoms with Gasteiger partial charge in [-0.2, -0.15) is 0 Å². The van der Waals surface area contributed by atoms with E-state index in [9.17, 15) is 9.18 Å². The molecule has 0 saturated heterocycles. The molecule has 0 atom stereocenters. The number of hydrogen-bond acceptors (Lipinski definition) is 3. The van der Waals surface area contributed by atoms with Crippen molar-refractivity contribution in [1.29, 1.82) is 0 Å². The van der Waals surface area contributed by atoms with Crippen LogP contribution in [0.3, 0.4) is 0 Å². The van der Waals surface area contributed by atoms with Crippen LogP contribution < -0.4 is 4.74 Å². The lowest BCUT2D eigenvalue weighted by Gasteiger charge is -2.10. The molecule has 92 valence electrons. The maximum atomic E-state index is 13.6. The first-order chi connectivity index (χ1) is 8.74. The zero-order valence-electron chi connectivity index (χ0n) is 9.47. The van der Waals surface area contributed by atoms with Crippen LogP contribution in [0.15, 0.2) is 42.5 Å². The molecule has 0 fully saturated rings. The fourth-order valence-electron chi connectivity index (χ4n) is 1.53. The molecule has 0 aromatic heterocycles. The van der Waals surface area contributed by atoms with Gasteiger partial charge < -0.3 is 9.84 Å². The number of halogens is 1. The van der Waals surface area contributed by atoms with Gasteiger partial charge in [-0.15, -0.1) is 0 Å². The Morgan fingerprint density at radius 1 is 1.17 bits per heavy atom. The van der Waals surface area contributed by atoms with E-state index in [0.717, 1.165) is 6.07 Å². The molecule has 0 saturated carbocycles. The summed E-state index contributed by atoms with van der Waals surface area (Å²) in [6.45, 7) is -0.190. The lowest BCUT2D eigenvalue weighted by Crippen LogP contribution is -1.94. The summed E-state index contributed by atoms with van der Waals surface area (Å²) in [7, 11) is 0. The summed E-state index contributed by atoms with van der Waals surface area (Å²) in [4.78, 5) is 10.5. The van der Waals surface area contributed by atoms with E-state index in [-0.39, 0.29) is 17.9 Å². The minimum Gasteiger partial charge on any atom is -0.454 e. The summed E-state index contributed by atoms with van der Waals surface area (Å²) in [6, 6.07) is 10.8. The standard InChI is InChI=1S/C14H11FO3/c15-12-7-10(8-16)5-6-14(12)18-13-4-2-1-3-11(13)9-17/h1-8,17H,9H2. The molecule has 18 heavy (non-hydrogen) atoms. The van der Waals surface area contributed by atoms with E-state index in [1.807, 2.05) is 0 Å². The van der Waals surface area contributed by atoms with E-state index in [2.05, 4.69) is 0 Å². The number of benzene rings is 2. The Hall–Kier alpha value is -2.20. The molecular weight excluding hydrogens is 235 g/mol. The third-order valence-corrected chi connectivity index (χ3v) is 2.45. The van der Waals surface area contributed by atoms with Crippen LogP contribution in [-0.4, -0.2) is 11.4 Å². The Bertz CT molecular complexity index is 567. The number of para-hydroxylation sites is 1. The summed E-state index contributed by atoms with van der Waals surface area (Å²) >= 11 is 0. The van der Waals surface area contributed by atoms with E-state index in [1.165, 1.54) is 12.1 Å². The largest absolute Gasteiger partial charge is 0.454 e. The van der Waals surface area contributed by atoms with Gasteiger partial charge in [0.25, 0.3) is 0 Å². The second-order valence-corrected chi connectivity index (χ2v) is 3.68. The maximum absolute atomic E-state index is 13.6. The van der Waals surface area contributed by atoms with Crippen molar-refractivity contribution in [3.05, 3.63) is 59.4 Å². The van der Waals surface area contributed by atoms with Gasteiger partial charge in [0.05, 0.1) is 6.61 Å². The normalized spacial score (nSPS) is 10.1. The number of hydrogen-bond donors (Lipinski definition) is 1. The van der Waals surface area contributed by atoms with E-state index < -0.39 is 5.82 Å². The van der Waals surface area contributed by atoms with Crippen molar-refractivity contribution in [2.75, 3.05) is 0 Å². The van der Waals surface area contributed by atoms with E-state index in [0.29, 0.717) is 17.6 Å². The highest BCUT2D eigenvalue weighted by molar-refractivity contribution is 5.75. The van der Waals surface area contributed by atoms with Crippen LogP contribution in [0.1, 0.15) is 15.9 Å². The molecule has 0 heterocycles. The van der Waals surface area contributed by atoms with Crippen molar-refractivity contribution in [2.45, 2.75) is 6.61 Å². The Labute approximate surface area is 103 Å². The average Bonchev–Trinajstić information content (AvgIpc) is 2.41. The van der Waals surface area contributed by atoms with Gasteiger partial charge in [-0.25, -0.2) is 4.39 Å². The highest BCUT2D eigenvalue weighted by Gasteiger charge is 2.08. The second-order valence-electron chi connectivity index (χ2n) is 3.68. The molecule has 3 nitrogen and oxygen atoms in total. The van der Waals surface area contributed by atoms with Crippen molar-refractivity contribution in [1.82, 2.24) is 0 Å². The molecule has 0 aliphatic heterocycles. The molecule has 0 unspecified atom stereocenters. The third kappa shape index (κ3) is 2.55. The SMILES string of the molecule is O=Cc1ccc(Oc2ccccc2CO)c(F)c1. The van der Waals surface area contributed by atoms with Crippen molar-refractivity contribution < 1.29 is 19.0 Å². The van der Waals surface area contributed by atoms with Gasteiger partial charge in [0, 0.05) is 11.1 Å². The van der Waals surface area contributed by atoms with Crippen LogP contribution in [0.25, 0.3) is 0 Å². The van der Waals surface area contributed by atoms with Gasteiger partial charge in [-0.1, -0.05) is 18.2 Å². The topological polar surface area (TPSA) is 46.5 Å². The number of carbonyl (C=O) groups is 1. The van der Waals surface area contributed by atoms with E-state index in [4.69, 9.17) is 9.84 Å². The summed E-state index contributed by atoms with van der Waals surface area (Å²) < 4.78 is 19.0. The zero-order chi connectivity index (χ0) is 13.0. The lowest BCUT2D eigenvalue weighted by molar-refractivity contribution is 0.112. The third-order valence-electron chi connectivity index (χ3n) is 2.45. The first-order valence-electron chi connectivity index (χ1n) is 5.36. The molecule has 2 aromatic carbocycles. The molecular formula is C14H11FO3. The number of carbonyl (C=O) groups excluding carboxylic acids is 1.